The highest BCUT2D eigenvalue weighted by atomic mass is 16.3. The van der Waals surface area contributed by atoms with Crippen LogP contribution in [0.4, 0.5) is 0 Å². The van der Waals surface area contributed by atoms with Crippen LogP contribution in [0.3, 0.4) is 0 Å². The van der Waals surface area contributed by atoms with E-state index in [1.54, 1.807) is 0 Å². The molecule has 2 N–H and O–H groups in total. The molecule has 0 radical (unpaired) electrons. The third-order valence-corrected chi connectivity index (χ3v) is 4.51. The predicted octanol–water partition coefficient (Wildman–Crippen LogP) is 2.27. The first-order chi connectivity index (χ1) is 9.45. The molecule has 1 saturated heterocycles. The van der Waals surface area contributed by atoms with Gasteiger partial charge in [-0.1, -0.05) is 32.0 Å². The lowest BCUT2D eigenvalue weighted by Crippen LogP contribution is -2.49. The number of aliphatic hydroxyl groups excluding tert-OH is 1. The van der Waals surface area contributed by atoms with Crippen LogP contribution in [0, 0.1) is 19.3 Å². The first-order valence-corrected chi connectivity index (χ1v) is 7.58. The Bertz CT molecular complexity index is 450. The average Bonchev–Trinajstić information content (AvgIpc) is 2.44. The Morgan fingerprint density at radius 1 is 1.20 bits per heavy atom. The molecule has 2 rings (SSSR count). The van der Waals surface area contributed by atoms with E-state index in [1.807, 2.05) is 0 Å². The van der Waals surface area contributed by atoms with Gasteiger partial charge in [0.05, 0.1) is 0 Å². The summed E-state index contributed by atoms with van der Waals surface area (Å²) in [6, 6.07) is 6.99. The van der Waals surface area contributed by atoms with Crippen LogP contribution in [0.15, 0.2) is 18.2 Å². The minimum absolute atomic E-state index is 0.140. The number of hydrogen-bond acceptors (Lipinski definition) is 3. The SMILES string of the molecule is Cc1ccc([C@H](N2CCNCC2)C(C)(C)CO)cc1C. The first-order valence-electron chi connectivity index (χ1n) is 7.58. The third kappa shape index (κ3) is 3.22. The van der Waals surface area contributed by atoms with E-state index in [-0.39, 0.29) is 18.1 Å². The average molecular weight is 276 g/mol. The van der Waals surface area contributed by atoms with Crippen LogP contribution in [0.2, 0.25) is 0 Å². The Morgan fingerprint density at radius 3 is 2.40 bits per heavy atom. The van der Waals surface area contributed by atoms with Crippen molar-refractivity contribution in [1.82, 2.24) is 10.2 Å². The highest BCUT2D eigenvalue weighted by molar-refractivity contribution is 5.32. The van der Waals surface area contributed by atoms with Crippen LogP contribution in [0.5, 0.6) is 0 Å². The molecular formula is C17H28N2O. The van der Waals surface area contributed by atoms with Gasteiger partial charge in [-0.25, -0.2) is 0 Å². The minimum atomic E-state index is -0.140. The van der Waals surface area contributed by atoms with Gasteiger partial charge >= 0.3 is 0 Å². The number of rotatable bonds is 4. The van der Waals surface area contributed by atoms with E-state index in [9.17, 15) is 5.11 Å². The lowest BCUT2D eigenvalue weighted by molar-refractivity contribution is 0.0305. The van der Waals surface area contributed by atoms with Crippen LogP contribution < -0.4 is 5.32 Å². The molecule has 1 aliphatic heterocycles. The number of piperazine rings is 1. The summed E-state index contributed by atoms with van der Waals surface area (Å²) in [6.45, 7) is 13.0. The second kappa shape index (κ2) is 6.25. The monoisotopic (exact) mass is 276 g/mol. The zero-order valence-corrected chi connectivity index (χ0v) is 13.2. The smallest absolute Gasteiger partial charge is 0.0500 e. The molecule has 112 valence electrons. The van der Waals surface area contributed by atoms with Gasteiger partial charge in [0, 0.05) is 44.2 Å². The molecule has 0 saturated carbocycles. The van der Waals surface area contributed by atoms with Crippen LogP contribution in [-0.4, -0.2) is 42.8 Å². The Morgan fingerprint density at radius 2 is 1.85 bits per heavy atom. The van der Waals surface area contributed by atoms with Gasteiger partial charge in [0.15, 0.2) is 0 Å². The summed E-state index contributed by atoms with van der Waals surface area (Å²) in [5.41, 5.74) is 3.85. The fourth-order valence-electron chi connectivity index (χ4n) is 3.12. The molecule has 1 aromatic carbocycles. The highest BCUT2D eigenvalue weighted by Crippen LogP contribution is 2.38. The molecule has 1 fully saturated rings. The molecule has 20 heavy (non-hydrogen) atoms. The molecule has 1 atom stereocenters. The molecule has 0 bridgehead atoms. The molecule has 0 aromatic heterocycles. The Hall–Kier alpha value is -0.900. The van der Waals surface area contributed by atoms with E-state index >= 15 is 0 Å². The molecule has 3 heteroatoms. The number of nitrogens with one attached hydrogen (secondary N) is 1. The van der Waals surface area contributed by atoms with E-state index in [4.69, 9.17) is 0 Å². The van der Waals surface area contributed by atoms with Crippen LogP contribution in [0.25, 0.3) is 0 Å². The van der Waals surface area contributed by atoms with Crippen molar-refractivity contribution in [2.45, 2.75) is 33.7 Å². The molecule has 1 aliphatic rings. The summed E-state index contributed by atoms with van der Waals surface area (Å²) in [7, 11) is 0. The summed E-state index contributed by atoms with van der Waals surface area (Å²) in [5, 5.41) is 13.2. The van der Waals surface area contributed by atoms with Gasteiger partial charge in [0.25, 0.3) is 0 Å². The van der Waals surface area contributed by atoms with Crippen molar-refractivity contribution in [2.24, 2.45) is 5.41 Å². The van der Waals surface area contributed by atoms with Crippen molar-refractivity contribution in [3.63, 3.8) is 0 Å². The van der Waals surface area contributed by atoms with E-state index in [0.717, 1.165) is 26.2 Å². The van der Waals surface area contributed by atoms with Gasteiger partial charge in [-0.2, -0.15) is 0 Å². The molecule has 0 aliphatic carbocycles. The van der Waals surface area contributed by atoms with Crippen LogP contribution >= 0.6 is 0 Å². The van der Waals surface area contributed by atoms with E-state index in [0.29, 0.717) is 0 Å². The lowest BCUT2D eigenvalue weighted by Gasteiger charge is -2.43. The zero-order chi connectivity index (χ0) is 14.8. The minimum Gasteiger partial charge on any atom is -0.396 e. The Labute approximate surface area is 123 Å². The summed E-state index contributed by atoms with van der Waals surface area (Å²) in [5.74, 6) is 0. The normalized spacial score (nSPS) is 19.1. The molecule has 0 amide bonds. The molecule has 3 nitrogen and oxygen atoms in total. The Balaban J connectivity index is 2.36. The van der Waals surface area contributed by atoms with Gasteiger partial charge in [-0.05, 0) is 30.5 Å². The number of hydrogen-bond donors (Lipinski definition) is 2. The summed E-state index contributed by atoms with van der Waals surface area (Å²) < 4.78 is 0. The number of benzene rings is 1. The second-order valence-electron chi connectivity index (χ2n) is 6.68. The van der Waals surface area contributed by atoms with Crippen LogP contribution in [-0.2, 0) is 0 Å². The number of nitrogens with zero attached hydrogens (tertiary/aromatic N) is 1. The van der Waals surface area contributed by atoms with Crippen molar-refractivity contribution < 1.29 is 5.11 Å². The van der Waals surface area contributed by atoms with Gasteiger partial charge in [0.1, 0.15) is 0 Å². The van der Waals surface area contributed by atoms with Crippen molar-refractivity contribution in [1.29, 1.82) is 0 Å². The largest absolute Gasteiger partial charge is 0.396 e. The molecule has 1 heterocycles. The maximum Gasteiger partial charge on any atom is 0.0500 e. The predicted molar refractivity (Wildman–Crippen MR) is 84.0 cm³/mol. The van der Waals surface area contributed by atoms with E-state index < -0.39 is 0 Å². The quantitative estimate of drug-likeness (QED) is 0.885. The van der Waals surface area contributed by atoms with Crippen molar-refractivity contribution >= 4 is 0 Å². The van der Waals surface area contributed by atoms with E-state index in [1.165, 1.54) is 16.7 Å². The fraction of sp³-hybridized carbons (Fsp3) is 0.647. The first kappa shape index (κ1) is 15.5. The second-order valence-corrected chi connectivity index (χ2v) is 6.68. The van der Waals surface area contributed by atoms with Crippen molar-refractivity contribution in [3.05, 3.63) is 34.9 Å². The summed E-state index contributed by atoms with van der Waals surface area (Å²) in [6.07, 6.45) is 0. The molecular weight excluding hydrogens is 248 g/mol. The van der Waals surface area contributed by atoms with Crippen molar-refractivity contribution in [2.75, 3.05) is 32.8 Å². The lowest BCUT2D eigenvalue weighted by atomic mass is 9.79. The molecule has 1 aromatic rings. The number of aryl methyl sites for hydroxylation is 2. The maximum atomic E-state index is 9.84. The zero-order valence-electron chi connectivity index (χ0n) is 13.2. The summed E-state index contributed by atoms with van der Waals surface area (Å²) in [4.78, 5) is 2.51. The van der Waals surface area contributed by atoms with Crippen LogP contribution in [0.1, 0.15) is 36.6 Å². The fourth-order valence-corrected chi connectivity index (χ4v) is 3.12. The number of aliphatic hydroxyl groups is 1. The van der Waals surface area contributed by atoms with E-state index in [2.05, 4.69) is 56.1 Å². The van der Waals surface area contributed by atoms with Gasteiger partial charge < -0.3 is 10.4 Å². The summed E-state index contributed by atoms with van der Waals surface area (Å²) >= 11 is 0. The third-order valence-electron chi connectivity index (χ3n) is 4.51. The van der Waals surface area contributed by atoms with Crippen molar-refractivity contribution in [3.8, 4) is 0 Å². The highest BCUT2D eigenvalue weighted by Gasteiger charge is 2.35. The Kier molecular flexibility index (Phi) is 4.84. The topological polar surface area (TPSA) is 35.5 Å². The van der Waals surface area contributed by atoms with Gasteiger partial charge in [0.2, 0.25) is 0 Å². The van der Waals surface area contributed by atoms with Gasteiger partial charge in [-0.15, -0.1) is 0 Å². The maximum absolute atomic E-state index is 9.84. The molecule has 0 unspecified atom stereocenters. The standard InChI is InChI=1S/C17H28N2O/c1-13-5-6-15(11-14(13)2)16(17(3,4)12-20)19-9-7-18-8-10-19/h5-6,11,16,18,20H,7-10,12H2,1-4H3/t16-/m0/s1. The molecule has 0 spiro atoms. The van der Waals surface area contributed by atoms with Gasteiger partial charge in [-0.3, -0.25) is 4.90 Å².